The number of morpholine rings is 2. The first-order chi connectivity index (χ1) is 12.7. The Morgan fingerprint density at radius 1 is 0.538 bits per heavy atom. The molecule has 2 aliphatic rings. The van der Waals surface area contributed by atoms with Gasteiger partial charge >= 0.3 is 0 Å². The molecule has 4 nitrogen and oxygen atoms in total. The summed E-state index contributed by atoms with van der Waals surface area (Å²) in [5.74, 6) is 0. The summed E-state index contributed by atoms with van der Waals surface area (Å²) in [5.41, 5.74) is 5.26. The van der Waals surface area contributed by atoms with Gasteiger partial charge in [-0.25, -0.2) is 0 Å². The van der Waals surface area contributed by atoms with Crippen LogP contribution in [0.5, 0.6) is 0 Å². The molecule has 2 heterocycles. The Kier molecular flexibility index (Phi) is 6.92. The third kappa shape index (κ3) is 5.48. The van der Waals surface area contributed by atoms with E-state index in [9.17, 15) is 0 Å². The third-order valence-corrected chi connectivity index (χ3v) is 4.82. The summed E-state index contributed by atoms with van der Waals surface area (Å²) in [6.45, 7) is 11.7. The monoisotopic (exact) mass is 354 g/mol. The quantitative estimate of drug-likeness (QED) is 0.822. The zero-order valence-electron chi connectivity index (χ0n) is 16.0. The Balaban J connectivity index is 0.000000151. The molecular weight excluding hydrogens is 324 g/mol. The predicted molar refractivity (Wildman–Crippen MR) is 108 cm³/mol. The summed E-state index contributed by atoms with van der Waals surface area (Å²) in [4.78, 5) is 4.73. The van der Waals surface area contributed by atoms with Crippen molar-refractivity contribution in [3.8, 4) is 0 Å². The number of anilines is 2. The first-order valence-electron chi connectivity index (χ1n) is 9.51. The van der Waals surface area contributed by atoms with E-state index in [4.69, 9.17) is 9.47 Å². The van der Waals surface area contributed by atoms with E-state index in [-0.39, 0.29) is 0 Å². The van der Waals surface area contributed by atoms with Gasteiger partial charge in [-0.3, -0.25) is 0 Å². The van der Waals surface area contributed by atoms with Crippen LogP contribution in [0, 0.1) is 13.8 Å². The normalized spacial score (nSPS) is 17.5. The highest BCUT2D eigenvalue weighted by Gasteiger charge is 2.10. The van der Waals surface area contributed by atoms with E-state index in [0.717, 1.165) is 52.6 Å². The second kappa shape index (κ2) is 9.60. The van der Waals surface area contributed by atoms with Gasteiger partial charge in [0.2, 0.25) is 0 Å². The maximum atomic E-state index is 5.30. The van der Waals surface area contributed by atoms with Gasteiger partial charge in [-0.05, 0) is 38.1 Å². The van der Waals surface area contributed by atoms with E-state index in [0.29, 0.717) is 0 Å². The molecule has 2 fully saturated rings. The van der Waals surface area contributed by atoms with Crippen LogP contribution in [0.4, 0.5) is 11.4 Å². The maximum absolute atomic E-state index is 5.30. The molecule has 26 heavy (non-hydrogen) atoms. The number of aryl methyl sites for hydroxylation is 2. The molecule has 0 saturated carbocycles. The van der Waals surface area contributed by atoms with E-state index in [2.05, 4.69) is 72.2 Å². The van der Waals surface area contributed by atoms with Crippen LogP contribution in [-0.2, 0) is 9.47 Å². The van der Waals surface area contributed by atoms with Crippen molar-refractivity contribution in [1.82, 2.24) is 0 Å². The fourth-order valence-electron chi connectivity index (χ4n) is 3.15. The molecule has 0 spiro atoms. The van der Waals surface area contributed by atoms with Crippen molar-refractivity contribution in [2.75, 3.05) is 62.4 Å². The Morgan fingerprint density at radius 3 is 1.15 bits per heavy atom. The van der Waals surface area contributed by atoms with Crippen LogP contribution in [0.3, 0.4) is 0 Å². The minimum atomic E-state index is 0.855. The number of nitrogens with zero attached hydrogens (tertiary/aromatic N) is 2. The molecule has 140 valence electrons. The van der Waals surface area contributed by atoms with Crippen LogP contribution in [0.15, 0.2) is 48.5 Å². The summed E-state index contributed by atoms with van der Waals surface area (Å²) < 4.78 is 10.6. The summed E-state index contributed by atoms with van der Waals surface area (Å²) in [6, 6.07) is 17.4. The number of hydrogen-bond acceptors (Lipinski definition) is 4. The average molecular weight is 354 g/mol. The molecule has 0 unspecified atom stereocenters. The Hall–Kier alpha value is -2.04. The minimum absolute atomic E-state index is 0.855. The number of rotatable bonds is 2. The SMILES string of the molecule is Cc1ccc(N2CCOCC2)cc1.Cc1ccc(N2CCOCC2)cc1. The van der Waals surface area contributed by atoms with Crippen LogP contribution < -0.4 is 9.80 Å². The van der Waals surface area contributed by atoms with Crippen LogP contribution in [0.25, 0.3) is 0 Å². The lowest BCUT2D eigenvalue weighted by Gasteiger charge is -2.28. The molecule has 0 aliphatic carbocycles. The highest BCUT2D eigenvalue weighted by Crippen LogP contribution is 2.16. The highest BCUT2D eigenvalue weighted by molar-refractivity contribution is 5.48. The summed E-state index contributed by atoms with van der Waals surface area (Å²) in [7, 11) is 0. The molecule has 0 N–H and O–H groups in total. The molecule has 2 saturated heterocycles. The van der Waals surface area contributed by atoms with Crippen molar-refractivity contribution < 1.29 is 9.47 Å². The molecule has 0 radical (unpaired) electrons. The predicted octanol–water partition coefficient (Wildman–Crippen LogP) is 3.66. The fraction of sp³-hybridized carbons (Fsp3) is 0.455. The van der Waals surface area contributed by atoms with Gasteiger partial charge in [-0.15, -0.1) is 0 Å². The highest BCUT2D eigenvalue weighted by atomic mass is 16.5. The molecule has 4 rings (SSSR count). The molecule has 0 bridgehead atoms. The zero-order valence-corrected chi connectivity index (χ0v) is 16.0. The van der Waals surface area contributed by atoms with E-state index in [1.807, 2.05) is 0 Å². The van der Waals surface area contributed by atoms with E-state index < -0.39 is 0 Å². The minimum Gasteiger partial charge on any atom is -0.378 e. The number of benzene rings is 2. The molecule has 0 atom stereocenters. The van der Waals surface area contributed by atoms with Crippen LogP contribution in [-0.4, -0.2) is 52.6 Å². The van der Waals surface area contributed by atoms with Gasteiger partial charge in [0.05, 0.1) is 26.4 Å². The molecule has 4 heteroatoms. The van der Waals surface area contributed by atoms with Crippen molar-refractivity contribution in [2.24, 2.45) is 0 Å². The maximum Gasteiger partial charge on any atom is 0.0642 e. The average Bonchev–Trinajstić information content (AvgIpc) is 2.71. The van der Waals surface area contributed by atoms with Crippen molar-refractivity contribution in [3.63, 3.8) is 0 Å². The lowest BCUT2D eigenvalue weighted by Crippen LogP contribution is -2.36. The third-order valence-electron chi connectivity index (χ3n) is 4.82. The van der Waals surface area contributed by atoms with Gasteiger partial charge in [0.1, 0.15) is 0 Å². The lowest BCUT2D eigenvalue weighted by atomic mass is 10.2. The molecule has 2 aromatic rings. The Bertz CT molecular complexity index is 583. The van der Waals surface area contributed by atoms with Gasteiger partial charge in [0, 0.05) is 37.6 Å². The smallest absolute Gasteiger partial charge is 0.0642 e. The molecule has 2 aliphatic heterocycles. The molecule has 2 aromatic carbocycles. The molecular formula is C22H30N2O2. The second-order valence-corrected chi connectivity index (χ2v) is 6.87. The Morgan fingerprint density at radius 2 is 0.846 bits per heavy atom. The summed E-state index contributed by atoms with van der Waals surface area (Å²) in [6.07, 6.45) is 0. The zero-order chi connectivity index (χ0) is 18.2. The van der Waals surface area contributed by atoms with E-state index in [1.54, 1.807) is 0 Å². The van der Waals surface area contributed by atoms with Gasteiger partial charge < -0.3 is 19.3 Å². The number of ether oxygens (including phenoxy) is 2. The van der Waals surface area contributed by atoms with Crippen molar-refractivity contribution in [1.29, 1.82) is 0 Å². The van der Waals surface area contributed by atoms with Crippen LogP contribution in [0.1, 0.15) is 11.1 Å². The van der Waals surface area contributed by atoms with Crippen molar-refractivity contribution in [3.05, 3.63) is 59.7 Å². The van der Waals surface area contributed by atoms with Crippen LogP contribution >= 0.6 is 0 Å². The molecule has 0 aromatic heterocycles. The van der Waals surface area contributed by atoms with Gasteiger partial charge in [-0.2, -0.15) is 0 Å². The first-order valence-corrected chi connectivity index (χ1v) is 9.51. The van der Waals surface area contributed by atoms with E-state index in [1.165, 1.54) is 22.5 Å². The topological polar surface area (TPSA) is 24.9 Å². The first kappa shape index (κ1) is 18.7. The number of hydrogen-bond donors (Lipinski definition) is 0. The fourth-order valence-corrected chi connectivity index (χ4v) is 3.15. The van der Waals surface area contributed by atoms with Crippen molar-refractivity contribution >= 4 is 11.4 Å². The van der Waals surface area contributed by atoms with Crippen LogP contribution in [0.2, 0.25) is 0 Å². The second-order valence-electron chi connectivity index (χ2n) is 6.87. The van der Waals surface area contributed by atoms with Gasteiger partial charge in [-0.1, -0.05) is 35.4 Å². The summed E-state index contributed by atoms with van der Waals surface area (Å²) >= 11 is 0. The van der Waals surface area contributed by atoms with Gasteiger partial charge in [0.15, 0.2) is 0 Å². The van der Waals surface area contributed by atoms with Gasteiger partial charge in [0.25, 0.3) is 0 Å². The van der Waals surface area contributed by atoms with E-state index >= 15 is 0 Å². The molecule has 0 amide bonds. The van der Waals surface area contributed by atoms with Crippen molar-refractivity contribution in [2.45, 2.75) is 13.8 Å². The Labute approximate surface area is 157 Å². The largest absolute Gasteiger partial charge is 0.378 e. The lowest BCUT2D eigenvalue weighted by molar-refractivity contribution is 0.122. The summed E-state index contributed by atoms with van der Waals surface area (Å²) in [5, 5.41) is 0. The standard InChI is InChI=1S/2C11H15NO/c2*1-10-2-4-11(5-3-10)12-6-8-13-9-7-12/h2*2-5H,6-9H2,1H3.